The fourth-order valence-corrected chi connectivity index (χ4v) is 3.96. The van der Waals surface area contributed by atoms with Crippen LogP contribution in [0, 0.1) is 0 Å². The van der Waals surface area contributed by atoms with Crippen molar-refractivity contribution in [3.63, 3.8) is 0 Å². The number of cyclic esters (lactones) is 1. The second-order valence-corrected chi connectivity index (χ2v) is 6.90. The van der Waals surface area contributed by atoms with Crippen LogP contribution in [0.1, 0.15) is 30.0 Å². The van der Waals surface area contributed by atoms with Crippen molar-refractivity contribution in [1.29, 1.82) is 0 Å². The summed E-state index contributed by atoms with van der Waals surface area (Å²) in [6, 6.07) is 11.8. The molecule has 2 aliphatic rings. The molecule has 3 aromatic rings. The average Bonchev–Trinajstić information content (AvgIpc) is 3.01. The first-order valence-corrected chi connectivity index (χ1v) is 8.65. The van der Waals surface area contributed by atoms with Crippen molar-refractivity contribution in [1.82, 2.24) is 9.55 Å². The number of para-hydroxylation sites is 1. The first kappa shape index (κ1) is 15.3. The minimum absolute atomic E-state index is 0.0298. The number of esters is 1. The Labute approximate surface area is 149 Å². The number of rotatable bonds is 1. The van der Waals surface area contributed by atoms with E-state index in [1.54, 1.807) is 4.57 Å². The van der Waals surface area contributed by atoms with Gasteiger partial charge in [0, 0.05) is 10.9 Å². The number of fused-ring (bicyclic) bond motifs is 5. The quantitative estimate of drug-likeness (QED) is 0.533. The van der Waals surface area contributed by atoms with E-state index in [2.05, 4.69) is 6.07 Å². The lowest BCUT2D eigenvalue weighted by molar-refractivity contribution is -0.154. The van der Waals surface area contributed by atoms with E-state index in [-0.39, 0.29) is 12.2 Å². The van der Waals surface area contributed by atoms with E-state index in [0.717, 1.165) is 22.2 Å². The van der Waals surface area contributed by atoms with Crippen LogP contribution in [0.5, 0.6) is 0 Å². The maximum Gasteiger partial charge on any atom is 0.331 e. The van der Waals surface area contributed by atoms with Gasteiger partial charge in [-0.05, 0) is 30.2 Å². The van der Waals surface area contributed by atoms with Gasteiger partial charge in [0.1, 0.15) is 12.1 Å². The predicted molar refractivity (Wildman–Crippen MR) is 96.5 cm³/mol. The number of hydrogen-bond acceptors (Lipinski definition) is 5. The van der Waals surface area contributed by atoms with Gasteiger partial charge in [0.2, 0.25) is 0 Å². The van der Waals surface area contributed by atoms with Gasteiger partial charge >= 0.3 is 5.97 Å². The molecule has 2 aliphatic heterocycles. The van der Waals surface area contributed by atoms with Crippen LogP contribution in [-0.2, 0) is 28.2 Å². The van der Waals surface area contributed by atoms with Gasteiger partial charge in [0.15, 0.2) is 0 Å². The van der Waals surface area contributed by atoms with Crippen LogP contribution in [0.15, 0.2) is 41.2 Å². The molecule has 0 spiro atoms. The third-order valence-corrected chi connectivity index (χ3v) is 5.52. The zero-order valence-corrected chi connectivity index (χ0v) is 14.3. The standard InChI is InChI=1S/C20H17N3O3/c1-2-20(21)14-8-16-17-12(7-11-5-3-4-6-15(11)22-17)9-23(16)18(24)13(14)10-26-19(20)25/h3-8H,2,9-10,21H2,1H3. The van der Waals surface area contributed by atoms with Gasteiger partial charge in [-0.25, -0.2) is 9.78 Å². The molecule has 0 saturated heterocycles. The third-order valence-electron chi connectivity index (χ3n) is 5.52. The minimum atomic E-state index is -1.29. The molecular formula is C20H17N3O3. The number of hydrogen-bond donors (Lipinski definition) is 1. The SMILES string of the molecule is CCC1(N)C(=O)OCc2c1cc1n(c2=O)Cc2cc3ccccc3nc2-1. The highest BCUT2D eigenvalue weighted by Gasteiger charge is 2.43. The van der Waals surface area contributed by atoms with Crippen molar-refractivity contribution in [3.05, 3.63) is 63.4 Å². The number of pyridine rings is 2. The molecule has 0 aliphatic carbocycles. The van der Waals surface area contributed by atoms with E-state index >= 15 is 0 Å². The zero-order chi connectivity index (χ0) is 18.1. The van der Waals surface area contributed by atoms with Gasteiger partial charge in [-0.15, -0.1) is 0 Å². The Morgan fingerprint density at radius 1 is 1.27 bits per heavy atom. The molecule has 0 radical (unpaired) electrons. The van der Waals surface area contributed by atoms with Crippen LogP contribution in [-0.4, -0.2) is 15.5 Å². The van der Waals surface area contributed by atoms with Crippen LogP contribution >= 0.6 is 0 Å². The molecule has 6 heteroatoms. The van der Waals surface area contributed by atoms with Gasteiger partial charge in [-0.3, -0.25) is 4.79 Å². The lowest BCUT2D eigenvalue weighted by Gasteiger charge is -2.32. The molecular weight excluding hydrogens is 330 g/mol. The Morgan fingerprint density at radius 2 is 2.08 bits per heavy atom. The summed E-state index contributed by atoms with van der Waals surface area (Å²) in [5.74, 6) is -0.485. The number of ether oxygens (including phenoxy) is 1. The molecule has 0 saturated carbocycles. The van der Waals surface area contributed by atoms with Crippen molar-refractivity contribution >= 4 is 16.9 Å². The van der Waals surface area contributed by atoms with Gasteiger partial charge < -0.3 is 15.0 Å². The van der Waals surface area contributed by atoms with Crippen LogP contribution in [0.4, 0.5) is 0 Å². The highest BCUT2D eigenvalue weighted by Crippen LogP contribution is 2.37. The highest BCUT2D eigenvalue weighted by atomic mass is 16.5. The topological polar surface area (TPSA) is 87.2 Å². The van der Waals surface area contributed by atoms with Crippen molar-refractivity contribution in [2.24, 2.45) is 5.73 Å². The van der Waals surface area contributed by atoms with Crippen molar-refractivity contribution in [2.45, 2.75) is 32.0 Å². The predicted octanol–water partition coefficient (Wildman–Crippen LogP) is 2.05. The first-order valence-electron chi connectivity index (χ1n) is 8.65. The number of carbonyl (C=O) groups excluding carboxylic acids is 1. The van der Waals surface area contributed by atoms with E-state index in [4.69, 9.17) is 15.5 Å². The Morgan fingerprint density at radius 3 is 2.88 bits per heavy atom. The fraction of sp³-hybridized carbons (Fsp3) is 0.250. The Bertz CT molecular complexity index is 1160. The maximum absolute atomic E-state index is 13.1. The summed E-state index contributed by atoms with van der Waals surface area (Å²) in [5.41, 5.74) is 9.29. The zero-order valence-electron chi connectivity index (χ0n) is 14.3. The number of carbonyl (C=O) groups is 1. The number of nitrogens with zero attached hydrogens (tertiary/aromatic N) is 2. The number of benzene rings is 1. The van der Waals surface area contributed by atoms with Gasteiger partial charge in [0.25, 0.3) is 5.56 Å². The minimum Gasteiger partial charge on any atom is -0.459 e. The molecule has 130 valence electrons. The molecule has 1 atom stereocenters. The van der Waals surface area contributed by atoms with Crippen LogP contribution in [0.3, 0.4) is 0 Å². The highest BCUT2D eigenvalue weighted by molar-refractivity contribution is 5.86. The maximum atomic E-state index is 13.1. The molecule has 1 aromatic carbocycles. The molecule has 6 nitrogen and oxygen atoms in total. The Hall–Kier alpha value is -2.99. The molecule has 2 aromatic heterocycles. The Kier molecular flexibility index (Phi) is 2.95. The summed E-state index contributed by atoms with van der Waals surface area (Å²) in [6.45, 7) is 2.26. The van der Waals surface area contributed by atoms with Crippen LogP contribution in [0.2, 0.25) is 0 Å². The lowest BCUT2D eigenvalue weighted by atomic mass is 9.83. The molecule has 5 rings (SSSR count). The summed E-state index contributed by atoms with van der Waals surface area (Å²) in [7, 11) is 0. The lowest BCUT2D eigenvalue weighted by Crippen LogP contribution is -2.50. The summed E-state index contributed by atoms with van der Waals surface area (Å²) < 4.78 is 6.90. The number of aromatic nitrogens is 2. The summed E-state index contributed by atoms with van der Waals surface area (Å²) in [6.07, 6.45) is 0.361. The van der Waals surface area contributed by atoms with E-state index < -0.39 is 11.5 Å². The van der Waals surface area contributed by atoms with Crippen LogP contribution < -0.4 is 11.3 Å². The Balaban J connectivity index is 1.81. The summed E-state index contributed by atoms with van der Waals surface area (Å²) in [4.78, 5) is 30.1. The monoisotopic (exact) mass is 347 g/mol. The summed E-state index contributed by atoms with van der Waals surface area (Å²) >= 11 is 0. The van der Waals surface area contributed by atoms with Crippen LogP contribution in [0.25, 0.3) is 22.3 Å². The molecule has 1 unspecified atom stereocenters. The van der Waals surface area contributed by atoms with Crippen molar-refractivity contribution in [3.8, 4) is 11.4 Å². The molecule has 0 amide bonds. The van der Waals surface area contributed by atoms with E-state index in [0.29, 0.717) is 29.8 Å². The van der Waals surface area contributed by atoms with Gasteiger partial charge in [-0.1, -0.05) is 25.1 Å². The van der Waals surface area contributed by atoms with Gasteiger partial charge in [-0.2, -0.15) is 0 Å². The smallest absolute Gasteiger partial charge is 0.331 e. The molecule has 4 heterocycles. The second-order valence-electron chi connectivity index (χ2n) is 6.90. The molecule has 0 bridgehead atoms. The normalized spacial score (nSPS) is 20.5. The summed E-state index contributed by atoms with van der Waals surface area (Å²) in [5, 5.41) is 1.04. The average molecular weight is 347 g/mol. The second kappa shape index (κ2) is 5.02. The molecule has 2 N–H and O–H groups in total. The molecule has 26 heavy (non-hydrogen) atoms. The van der Waals surface area contributed by atoms with Crippen molar-refractivity contribution < 1.29 is 9.53 Å². The fourth-order valence-electron chi connectivity index (χ4n) is 3.96. The van der Waals surface area contributed by atoms with E-state index in [1.807, 2.05) is 37.3 Å². The third kappa shape index (κ3) is 1.82. The molecule has 0 fully saturated rings. The van der Waals surface area contributed by atoms with Gasteiger partial charge in [0.05, 0.1) is 29.0 Å². The number of nitrogens with two attached hydrogens (primary N) is 1. The first-order chi connectivity index (χ1) is 12.5. The van der Waals surface area contributed by atoms with E-state index in [1.165, 1.54) is 0 Å². The van der Waals surface area contributed by atoms with Crippen molar-refractivity contribution in [2.75, 3.05) is 0 Å². The van der Waals surface area contributed by atoms with E-state index in [9.17, 15) is 9.59 Å². The largest absolute Gasteiger partial charge is 0.459 e.